The summed E-state index contributed by atoms with van der Waals surface area (Å²) in [4.78, 5) is 0.110. The third-order valence-corrected chi connectivity index (χ3v) is 5.67. The average Bonchev–Trinajstić information content (AvgIpc) is 2.99. The smallest absolute Gasteiger partial charge is 0.377 e. The van der Waals surface area contributed by atoms with E-state index in [4.69, 9.17) is 0 Å². The zero-order chi connectivity index (χ0) is 17.3. The van der Waals surface area contributed by atoms with Crippen molar-refractivity contribution in [1.82, 2.24) is 4.31 Å². The van der Waals surface area contributed by atoms with Crippen molar-refractivity contribution in [2.45, 2.75) is 36.4 Å². The third-order valence-electron chi connectivity index (χ3n) is 3.76. The molecule has 1 aliphatic heterocycles. The summed E-state index contributed by atoms with van der Waals surface area (Å²) < 4.78 is 63.7. The molecule has 1 aromatic carbocycles. The highest BCUT2D eigenvalue weighted by molar-refractivity contribution is 7.89. The maximum atomic E-state index is 12.5. The summed E-state index contributed by atoms with van der Waals surface area (Å²) in [5, 5.41) is 9.33. The van der Waals surface area contributed by atoms with Crippen molar-refractivity contribution < 1.29 is 26.7 Å². The first-order valence-corrected chi connectivity index (χ1v) is 8.57. The van der Waals surface area contributed by atoms with Crippen molar-refractivity contribution >= 4 is 16.1 Å². The lowest BCUT2D eigenvalue weighted by Crippen LogP contribution is -2.39. The molecule has 1 N–H and O–H groups in total. The Labute approximate surface area is 133 Å². The van der Waals surface area contributed by atoms with Crippen molar-refractivity contribution in [3.63, 3.8) is 0 Å². The third kappa shape index (κ3) is 3.94. The van der Waals surface area contributed by atoms with Gasteiger partial charge in [0.25, 0.3) is 0 Å². The standard InChI is InChI=1S/C15H18F3NO3S/c1-14(20,15(16,17)18)9-8-12-4-6-13(7-5-12)23(21,22)19-10-2-3-11-19/h4-9,20H,2-3,10-11H2,1H3/b9-8+. The van der Waals surface area contributed by atoms with E-state index in [1.54, 1.807) is 0 Å². The molecule has 0 spiro atoms. The molecule has 0 radical (unpaired) electrons. The number of halogens is 3. The molecule has 8 heteroatoms. The Kier molecular flexibility index (Phi) is 4.89. The SMILES string of the molecule is CC(O)(/C=C/c1ccc(S(=O)(=O)N2CCCC2)cc1)C(F)(F)F. The fraction of sp³-hybridized carbons (Fsp3) is 0.467. The van der Waals surface area contributed by atoms with Gasteiger partial charge in [-0.05, 0) is 43.5 Å². The Morgan fingerprint density at radius 1 is 1.13 bits per heavy atom. The van der Waals surface area contributed by atoms with Crippen LogP contribution in [0.1, 0.15) is 25.3 Å². The predicted molar refractivity (Wildman–Crippen MR) is 80.1 cm³/mol. The van der Waals surface area contributed by atoms with Crippen molar-refractivity contribution in [3.05, 3.63) is 35.9 Å². The van der Waals surface area contributed by atoms with Crippen molar-refractivity contribution in [1.29, 1.82) is 0 Å². The summed E-state index contributed by atoms with van der Waals surface area (Å²) in [6.07, 6.45) is -1.38. The molecule has 128 valence electrons. The first-order valence-electron chi connectivity index (χ1n) is 7.13. The largest absolute Gasteiger partial charge is 0.420 e. The molecule has 0 bridgehead atoms. The molecule has 0 amide bonds. The zero-order valence-corrected chi connectivity index (χ0v) is 13.4. The molecule has 1 aliphatic rings. The minimum absolute atomic E-state index is 0.110. The van der Waals surface area contributed by atoms with Crippen LogP contribution in [-0.2, 0) is 10.0 Å². The number of aliphatic hydroxyl groups is 1. The first kappa shape index (κ1) is 18.0. The van der Waals surface area contributed by atoms with Gasteiger partial charge in [0.1, 0.15) is 0 Å². The lowest BCUT2D eigenvalue weighted by molar-refractivity contribution is -0.232. The molecule has 1 aromatic rings. The minimum Gasteiger partial charge on any atom is -0.377 e. The Morgan fingerprint density at radius 3 is 2.13 bits per heavy atom. The van der Waals surface area contributed by atoms with E-state index in [1.165, 1.54) is 28.6 Å². The van der Waals surface area contributed by atoms with Gasteiger partial charge in [0.2, 0.25) is 10.0 Å². The monoisotopic (exact) mass is 349 g/mol. The van der Waals surface area contributed by atoms with E-state index in [9.17, 15) is 26.7 Å². The molecule has 0 aliphatic carbocycles. The van der Waals surface area contributed by atoms with Crippen molar-refractivity contribution in [2.75, 3.05) is 13.1 Å². The number of nitrogens with zero attached hydrogens (tertiary/aromatic N) is 1. The van der Waals surface area contributed by atoms with Crippen LogP contribution < -0.4 is 0 Å². The summed E-state index contributed by atoms with van der Waals surface area (Å²) >= 11 is 0. The van der Waals surface area contributed by atoms with Gasteiger partial charge in [0.15, 0.2) is 5.60 Å². The van der Waals surface area contributed by atoms with Gasteiger partial charge < -0.3 is 5.11 Å². The van der Waals surface area contributed by atoms with Crippen LogP contribution in [0.3, 0.4) is 0 Å². The topological polar surface area (TPSA) is 57.6 Å². The Hall–Kier alpha value is -1.38. The van der Waals surface area contributed by atoms with E-state index in [1.807, 2.05) is 0 Å². The molecule has 2 rings (SSSR count). The first-order chi connectivity index (χ1) is 10.5. The fourth-order valence-electron chi connectivity index (χ4n) is 2.18. The molecular weight excluding hydrogens is 331 g/mol. The summed E-state index contributed by atoms with van der Waals surface area (Å²) in [6.45, 7) is 1.62. The summed E-state index contributed by atoms with van der Waals surface area (Å²) in [5.41, 5.74) is -2.57. The lowest BCUT2D eigenvalue weighted by atomic mass is 10.0. The van der Waals surface area contributed by atoms with E-state index in [-0.39, 0.29) is 4.90 Å². The number of rotatable bonds is 4. The van der Waals surface area contributed by atoms with Crippen LogP contribution in [0.4, 0.5) is 13.2 Å². The van der Waals surface area contributed by atoms with E-state index in [2.05, 4.69) is 0 Å². The van der Waals surface area contributed by atoms with Crippen molar-refractivity contribution in [3.8, 4) is 0 Å². The normalized spacial score (nSPS) is 20.0. The van der Waals surface area contributed by atoms with Crippen LogP contribution in [-0.4, -0.2) is 42.7 Å². The molecule has 1 heterocycles. The molecule has 1 atom stereocenters. The van der Waals surface area contributed by atoms with E-state index >= 15 is 0 Å². The summed E-state index contributed by atoms with van der Waals surface area (Å²) in [7, 11) is -3.54. The van der Waals surface area contributed by atoms with Crippen LogP contribution in [0.5, 0.6) is 0 Å². The maximum absolute atomic E-state index is 12.5. The molecule has 0 saturated carbocycles. The Bertz CT molecular complexity index is 673. The average molecular weight is 349 g/mol. The second-order valence-electron chi connectivity index (χ2n) is 5.66. The molecule has 4 nitrogen and oxygen atoms in total. The van der Waals surface area contributed by atoms with Crippen molar-refractivity contribution in [2.24, 2.45) is 0 Å². The maximum Gasteiger partial charge on any atom is 0.420 e. The molecular formula is C15H18F3NO3S. The summed E-state index contributed by atoms with van der Waals surface area (Å²) in [6, 6.07) is 5.53. The van der Waals surface area contributed by atoms with E-state index in [0.29, 0.717) is 31.7 Å². The molecule has 1 fully saturated rings. The second kappa shape index (κ2) is 6.26. The highest BCUT2D eigenvalue weighted by Gasteiger charge is 2.47. The second-order valence-corrected chi connectivity index (χ2v) is 7.60. The van der Waals surface area contributed by atoms with Gasteiger partial charge in [0.05, 0.1) is 4.90 Å². The lowest BCUT2D eigenvalue weighted by Gasteiger charge is -2.22. The van der Waals surface area contributed by atoms with Gasteiger partial charge in [-0.3, -0.25) is 0 Å². The number of hydrogen-bond donors (Lipinski definition) is 1. The number of benzene rings is 1. The van der Waals surface area contributed by atoms with Gasteiger partial charge in [0, 0.05) is 13.1 Å². The van der Waals surface area contributed by atoms with Gasteiger partial charge in [-0.2, -0.15) is 17.5 Å². The molecule has 1 unspecified atom stereocenters. The predicted octanol–water partition coefficient (Wildman–Crippen LogP) is 2.80. The Morgan fingerprint density at radius 2 is 1.65 bits per heavy atom. The quantitative estimate of drug-likeness (QED) is 0.909. The highest BCUT2D eigenvalue weighted by atomic mass is 32.2. The zero-order valence-electron chi connectivity index (χ0n) is 12.5. The molecule has 1 saturated heterocycles. The van der Waals surface area contributed by atoms with Gasteiger partial charge in [-0.25, -0.2) is 8.42 Å². The molecule has 23 heavy (non-hydrogen) atoms. The number of hydrogen-bond acceptors (Lipinski definition) is 3. The highest BCUT2D eigenvalue weighted by Crippen LogP contribution is 2.31. The summed E-state index contributed by atoms with van der Waals surface area (Å²) in [5.74, 6) is 0. The van der Waals surface area contributed by atoms with Crippen LogP contribution in [0.15, 0.2) is 35.2 Å². The Balaban J connectivity index is 2.17. The minimum atomic E-state index is -4.78. The number of alkyl halides is 3. The van der Waals surface area contributed by atoms with Gasteiger partial charge >= 0.3 is 6.18 Å². The van der Waals surface area contributed by atoms with Crippen LogP contribution in [0.2, 0.25) is 0 Å². The number of sulfonamides is 1. The van der Waals surface area contributed by atoms with Crippen LogP contribution >= 0.6 is 0 Å². The van der Waals surface area contributed by atoms with Gasteiger partial charge in [-0.1, -0.05) is 18.2 Å². The van der Waals surface area contributed by atoms with E-state index < -0.39 is 21.8 Å². The van der Waals surface area contributed by atoms with Crippen LogP contribution in [0, 0.1) is 0 Å². The fourth-order valence-corrected chi connectivity index (χ4v) is 3.70. The molecule has 0 aromatic heterocycles. The van der Waals surface area contributed by atoms with Gasteiger partial charge in [-0.15, -0.1) is 0 Å². The van der Waals surface area contributed by atoms with Crippen LogP contribution in [0.25, 0.3) is 6.08 Å². The van der Waals surface area contributed by atoms with E-state index in [0.717, 1.165) is 18.9 Å².